The molecule has 0 aliphatic carbocycles. The number of nitrogens with zero attached hydrogens (tertiary/aromatic N) is 1. The fourth-order valence-corrected chi connectivity index (χ4v) is 2.87. The van der Waals surface area contributed by atoms with Crippen molar-refractivity contribution in [1.82, 2.24) is 4.90 Å². The van der Waals surface area contributed by atoms with E-state index in [4.69, 9.17) is 0 Å². The maximum atomic E-state index is 2.81. The van der Waals surface area contributed by atoms with Crippen LogP contribution < -0.4 is 0 Å². The van der Waals surface area contributed by atoms with Gasteiger partial charge >= 0.3 is 0 Å². The van der Waals surface area contributed by atoms with Crippen LogP contribution in [0.25, 0.3) is 0 Å². The maximum absolute atomic E-state index is 2.81. The lowest BCUT2D eigenvalue weighted by molar-refractivity contribution is 0.341. The first-order chi connectivity index (χ1) is 5.79. The molecule has 0 saturated carbocycles. The van der Waals surface area contributed by atoms with E-state index in [9.17, 15) is 0 Å². The Morgan fingerprint density at radius 1 is 1.67 bits per heavy atom. The van der Waals surface area contributed by atoms with Crippen LogP contribution in [0.5, 0.6) is 0 Å². The molecule has 1 heterocycles. The van der Waals surface area contributed by atoms with Gasteiger partial charge in [-0.05, 0) is 18.8 Å². The zero-order valence-corrected chi connectivity index (χ0v) is 9.89. The molecule has 0 N–H and O–H groups in total. The Labute approximate surface area is 82.2 Å². The monoisotopic (exact) mass is 203 g/mol. The number of unbranched alkanes of at least 4 members (excludes halogenated alkanes) is 1. The fraction of sp³-hybridized carbons (Fsp3) is 0.778. The average Bonchev–Trinajstić information content (AvgIpc) is 2.43. The van der Waals surface area contributed by atoms with Crippen molar-refractivity contribution < 1.29 is 0 Å². The van der Waals surface area contributed by atoms with Gasteiger partial charge < -0.3 is 4.90 Å². The van der Waals surface area contributed by atoms with E-state index in [1.807, 2.05) is 11.8 Å². The second kappa shape index (κ2) is 5.14. The van der Waals surface area contributed by atoms with Gasteiger partial charge in [0, 0.05) is 18.4 Å². The molecule has 0 aromatic heterocycles. The highest BCUT2D eigenvalue weighted by molar-refractivity contribution is 8.02. The Balaban J connectivity index is 2.42. The lowest BCUT2D eigenvalue weighted by atomic mass is 10.3. The second-order valence-corrected chi connectivity index (χ2v) is 4.69. The van der Waals surface area contributed by atoms with Crippen molar-refractivity contribution in [3.05, 3.63) is 11.1 Å². The Kier molecular flexibility index (Phi) is 4.45. The summed E-state index contributed by atoms with van der Waals surface area (Å²) < 4.78 is 0. The van der Waals surface area contributed by atoms with Gasteiger partial charge in [-0.25, -0.2) is 0 Å². The molecule has 0 radical (unpaired) electrons. The molecule has 1 unspecified atom stereocenters. The Bertz CT molecular complexity index is 170. The molecule has 3 heteroatoms. The van der Waals surface area contributed by atoms with E-state index < -0.39 is 0 Å². The van der Waals surface area contributed by atoms with Gasteiger partial charge in [0.05, 0.1) is 5.37 Å². The van der Waals surface area contributed by atoms with Crippen LogP contribution >= 0.6 is 21.0 Å². The molecule has 0 amide bonds. The molecular formula is C9H18NPS. The van der Waals surface area contributed by atoms with Crippen LogP contribution in [0, 0.1) is 0 Å². The SMILES string of the molecule is CCCCN1C(CP)=CS[C@H]1C. The zero-order chi connectivity index (χ0) is 8.97. The van der Waals surface area contributed by atoms with Crippen molar-refractivity contribution in [2.24, 2.45) is 0 Å². The van der Waals surface area contributed by atoms with Crippen molar-refractivity contribution in [3.8, 4) is 0 Å². The summed E-state index contributed by atoms with van der Waals surface area (Å²) in [6.45, 7) is 5.76. The van der Waals surface area contributed by atoms with Crippen molar-refractivity contribution >= 4 is 21.0 Å². The summed E-state index contributed by atoms with van der Waals surface area (Å²) >= 11 is 1.94. The highest BCUT2D eigenvalue weighted by Crippen LogP contribution is 2.31. The topological polar surface area (TPSA) is 3.24 Å². The third kappa shape index (κ3) is 2.40. The number of rotatable bonds is 4. The van der Waals surface area contributed by atoms with E-state index in [2.05, 4.69) is 33.4 Å². The van der Waals surface area contributed by atoms with E-state index >= 15 is 0 Å². The largest absolute Gasteiger partial charge is 0.362 e. The summed E-state index contributed by atoms with van der Waals surface area (Å²) in [6, 6.07) is 0. The van der Waals surface area contributed by atoms with E-state index in [0.29, 0.717) is 5.37 Å². The third-order valence-electron chi connectivity index (χ3n) is 2.17. The van der Waals surface area contributed by atoms with Crippen molar-refractivity contribution in [1.29, 1.82) is 0 Å². The van der Waals surface area contributed by atoms with Gasteiger partial charge in [-0.15, -0.1) is 21.0 Å². The molecule has 1 aliphatic heterocycles. The van der Waals surface area contributed by atoms with Crippen LogP contribution in [0.2, 0.25) is 0 Å². The number of hydrogen-bond donors (Lipinski definition) is 0. The summed E-state index contributed by atoms with van der Waals surface area (Å²) in [5, 5.41) is 2.96. The minimum absolute atomic E-state index is 0.659. The summed E-state index contributed by atoms with van der Waals surface area (Å²) in [4.78, 5) is 2.52. The molecule has 0 bridgehead atoms. The van der Waals surface area contributed by atoms with Crippen LogP contribution in [-0.2, 0) is 0 Å². The van der Waals surface area contributed by atoms with E-state index in [-0.39, 0.29) is 0 Å². The lowest BCUT2D eigenvalue weighted by Crippen LogP contribution is -2.27. The van der Waals surface area contributed by atoms with Gasteiger partial charge in [0.25, 0.3) is 0 Å². The molecule has 1 rings (SSSR count). The smallest absolute Gasteiger partial charge is 0.0760 e. The van der Waals surface area contributed by atoms with Crippen molar-refractivity contribution in [2.45, 2.75) is 32.1 Å². The van der Waals surface area contributed by atoms with Crippen LogP contribution in [0.15, 0.2) is 11.1 Å². The van der Waals surface area contributed by atoms with Crippen molar-refractivity contribution in [2.75, 3.05) is 12.7 Å². The standard InChI is InChI=1S/C9H18NPS/c1-3-4-5-10-8(2)12-7-9(10)6-11/h7-8H,3-6,11H2,1-2H3/t8-/m0/s1. The van der Waals surface area contributed by atoms with Gasteiger partial charge in [0.15, 0.2) is 0 Å². The Morgan fingerprint density at radius 3 is 3.00 bits per heavy atom. The van der Waals surface area contributed by atoms with Gasteiger partial charge in [-0.2, -0.15) is 0 Å². The number of thioether (sulfide) groups is 1. The van der Waals surface area contributed by atoms with Gasteiger partial charge in [-0.3, -0.25) is 0 Å². The van der Waals surface area contributed by atoms with Crippen molar-refractivity contribution in [3.63, 3.8) is 0 Å². The van der Waals surface area contributed by atoms with E-state index in [0.717, 1.165) is 6.16 Å². The summed E-state index contributed by atoms with van der Waals surface area (Å²) in [7, 11) is 2.81. The van der Waals surface area contributed by atoms with E-state index in [1.165, 1.54) is 25.1 Å². The molecular weight excluding hydrogens is 185 g/mol. The number of allylic oxidation sites excluding steroid dienone is 1. The summed E-state index contributed by atoms with van der Waals surface area (Å²) in [6.07, 6.45) is 3.70. The molecule has 70 valence electrons. The Morgan fingerprint density at radius 2 is 2.42 bits per heavy atom. The summed E-state index contributed by atoms with van der Waals surface area (Å²) in [5.41, 5.74) is 1.49. The third-order valence-corrected chi connectivity index (χ3v) is 3.65. The number of hydrogen-bond acceptors (Lipinski definition) is 2. The highest BCUT2D eigenvalue weighted by atomic mass is 32.2. The lowest BCUT2D eigenvalue weighted by Gasteiger charge is -2.25. The fourth-order valence-electron chi connectivity index (χ4n) is 1.37. The van der Waals surface area contributed by atoms with E-state index in [1.54, 1.807) is 0 Å². The molecule has 0 saturated heterocycles. The first-order valence-corrected chi connectivity index (χ1v) is 6.36. The molecule has 1 aliphatic rings. The molecule has 0 aromatic carbocycles. The second-order valence-electron chi connectivity index (χ2n) is 3.10. The van der Waals surface area contributed by atoms with Crippen LogP contribution in [-0.4, -0.2) is 23.0 Å². The highest BCUT2D eigenvalue weighted by Gasteiger charge is 2.20. The van der Waals surface area contributed by atoms with Crippen LogP contribution in [0.3, 0.4) is 0 Å². The molecule has 0 spiro atoms. The maximum Gasteiger partial charge on any atom is 0.0760 e. The molecule has 0 aromatic rings. The minimum atomic E-state index is 0.659. The molecule has 2 atom stereocenters. The van der Waals surface area contributed by atoms with Crippen LogP contribution in [0.4, 0.5) is 0 Å². The first kappa shape index (κ1) is 10.4. The quantitative estimate of drug-likeness (QED) is 0.646. The minimum Gasteiger partial charge on any atom is -0.362 e. The van der Waals surface area contributed by atoms with Gasteiger partial charge in [-0.1, -0.05) is 13.3 Å². The molecule has 12 heavy (non-hydrogen) atoms. The normalized spacial score (nSPS) is 23.1. The zero-order valence-electron chi connectivity index (χ0n) is 7.92. The molecule has 0 fully saturated rings. The van der Waals surface area contributed by atoms with Crippen LogP contribution in [0.1, 0.15) is 26.7 Å². The van der Waals surface area contributed by atoms with Gasteiger partial charge in [0.1, 0.15) is 0 Å². The molecule has 1 nitrogen and oxygen atoms in total. The summed E-state index contributed by atoms with van der Waals surface area (Å²) in [5.74, 6) is 0. The predicted molar refractivity (Wildman–Crippen MR) is 61.3 cm³/mol. The van der Waals surface area contributed by atoms with Gasteiger partial charge in [0.2, 0.25) is 0 Å². The first-order valence-electron chi connectivity index (χ1n) is 4.60. The predicted octanol–water partition coefficient (Wildman–Crippen LogP) is 2.90. The average molecular weight is 203 g/mol. The Hall–Kier alpha value is 0.320.